The molecular weight excluding hydrogens is 396 g/mol. The number of nitrogens with zero attached hydrogens (tertiary/aromatic N) is 2. The number of hydrogen-bond donors (Lipinski definition) is 1. The van der Waals surface area contributed by atoms with Gasteiger partial charge in [-0.15, -0.1) is 11.3 Å². The van der Waals surface area contributed by atoms with Gasteiger partial charge in [0.2, 0.25) is 0 Å². The fourth-order valence-corrected chi connectivity index (χ4v) is 2.65. The summed E-state index contributed by atoms with van der Waals surface area (Å²) in [5.74, 6) is -0.0706. The van der Waals surface area contributed by atoms with E-state index in [-0.39, 0.29) is 21.9 Å². The molecule has 4 nitrogen and oxygen atoms in total. The molecule has 0 aliphatic heterocycles. The van der Waals surface area contributed by atoms with Crippen molar-refractivity contribution >= 4 is 68.9 Å². The SMILES string of the molecule is O=C(Nc1ncnc(Cl)c1Cl)c1csc(I)c1. The maximum atomic E-state index is 11.8. The second-order valence-corrected chi connectivity index (χ2v) is 6.46. The molecule has 0 spiro atoms. The lowest BCUT2D eigenvalue weighted by Crippen LogP contribution is -2.12. The van der Waals surface area contributed by atoms with E-state index in [0.717, 1.165) is 2.88 Å². The Bertz CT molecular complexity index is 575. The zero-order chi connectivity index (χ0) is 12.4. The standard InChI is InChI=1S/C9H4Cl2IN3OS/c10-6-7(11)13-3-14-8(6)15-9(16)4-1-5(12)17-2-4/h1-3H,(H,13,14,15,16). The Labute approximate surface area is 125 Å². The molecule has 0 fully saturated rings. The first-order chi connectivity index (χ1) is 8.08. The Morgan fingerprint density at radius 3 is 2.82 bits per heavy atom. The third-order valence-corrected chi connectivity index (χ3v) is 4.34. The van der Waals surface area contributed by atoms with Crippen LogP contribution in [-0.2, 0) is 0 Å². The van der Waals surface area contributed by atoms with Gasteiger partial charge in [0.1, 0.15) is 11.3 Å². The predicted octanol–water partition coefficient (Wildman–Crippen LogP) is 3.70. The van der Waals surface area contributed by atoms with Crippen LogP contribution in [0.5, 0.6) is 0 Å². The first kappa shape index (κ1) is 13.0. The molecule has 0 atom stereocenters. The maximum Gasteiger partial charge on any atom is 0.257 e. The van der Waals surface area contributed by atoms with Gasteiger partial charge < -0.3 is 5.32 Å². The number of hydrogen-bond acceptors (Lipinski definition) is 4. The van der Waals surface area contributed by atoms with Gasteiger partial charge in [-0.1, -0.05) is 23.2 Å². The van der Waals surface area contributed by atoms with E-state index in [2.05, 4.69) is 37.9 Å². The fraction of sp³-hybridized carbons (Fsp3) is 0. The summed E-state index contributed by atoms with van der Waals surface area (Å²) in [7, 11) is 0. The molecule has 2 aromatic heterocycles. The number of halogens is 3. The van der Waals surface area contributed by atoms with Gasteiger partial charge in [-0.25, -0.2) is 9.97 Å². The van der Waals surface area contributed by atoms with Crippen LogP contribution < -0.4 is 5.32 Å². The van der Waals surface area contributed by atoms with Gasteiger partial charge in [0.25, 0.3) is 5.91 Å². The van der Waals surface area contributed by atoms with Crippen LogP contribution >= 0.6 is 57.1 Å². The molecule has 0 bridgehead atoms. The van der Waals surface area contributed by atoms with Gasteiger partial charge in [0.15, 0.2) is 11.0 Å². The molecule has 0 saturated heterocycles. The zero-order valence-electron chi connectivity index (χ0n) is 8.08. The van der Waals surface area contributed by atoms with Crippen molar-refractivity contribution in [1.29, 1.82) is 0 Å². The summed E-state index contributed by atoms with van der Waals surface area (Å²) in [4.78, 5) is 19.4. The van der Waals surface area contributed by atoms with Crippen molar-refractivity contribution in [3.8, 4) is 0 Å². The summed E-state index contributed by atoms with van der Waals surface area (Å²) in [6.45, 7) is 0. The van der Waals surface area contributed by atoms with Crippen LogP contribution in [0.1, 0.15) is 10.4 Å². The average Bonchev–Trinajstić information content (AvgIpc) is 2.72. The molecule has 2 aromatic rings. The molecule has 0 aromatic carbocycles. The number of carbonyl (C=O) groups excluding carboxylic acids is 1. The van der Waals surface area contributed by atoms with Crippen LogP contribution in [0.15, 0.2) is 17.8 Å². The minimum absolute atomic E-state index is 0.108. The second-order valence-electron chi connectivity index (χ2n) is 2.92. The van der Waals surface area contributed by atoms with E-state index in [1.807, 2.05) is 0 Å². The van der Waals surface area contributed by atoms with Crippen molar-refractivity contribution in [3.63, 3.8) is 0 Å². The minimum atomic E-state index is -0.277. The minimum Gasteiger partial charge on any atom is -0.305 e. The molecule has 1 N–H and O–H groups in total. The lowest BCUT2D eigenvalue weighted by atomic mass is 10.3. The third-order valence-electron chi connectivity index (χ3n) is 1.81. The fourth-order valence-electron chi connectivity index (χ4n) is 1.04. The van der Waals surface area contributed by atoms with E-state index in [1.54, 1.807) is 11.4 Å². The van der Waals surface area contributed by atoms with Crippen molar-refractivity contribution in [2.24, 2.45) is 0 Å². The van der Waals surface area contributed by atoms with Gasteiger partial charge >= 0.3 is 0 Å². The number of anilines is 1. The normalized spacial score (nSPS) is 10.3. The van der Waals surface area contributed by atoms with Crippen molar-refractivity contribution in [2.45, 2.75) is 0 Å². The Morgan fingerprint density at radius 2 is 2.18 bits per heavy atom. The summed E-state index contributed by atoms with van der Waals surface area (Å²) in [6.07, 6.45) is 1.24. The number of aromatic nitrogens is 2. The average molecular weight is 400 g/mol. The van der Waals surface area contributed by atoms with Crippen molar-refractivity contribution in [3.05, 3.63) is 36.4 Å². The summed E-state index contributed by atoms with van der Waals surface area (Å²) in [6, 6.07) is 1.78. The molecule has 0 unspecified atom stereocenters. The van der Waals surface area contributed by atoms with Crippen LogP contribution in [0.25, 0.3) is 0 Å². The molecule has 0 radical (unpaired) electrons. The largest absolute Gasteiger partial charge is 0.305 e. The van der Waals surface area contributed by atoms with Crippen LogP contribution in [-0.4, -0.2) is 15.9 Å². The molecule has 88 valence electrons. The van der Waals surface area contributed by atoms with Gasteiger partial charge in [0.05, 0.1) is 8.45 Å². The van der Waals surface area contributed by atoms with Gasteiger partial charge in [0, 0.05) is 5.38 Å². The molecule has 0 saturated carbocycles. The summed E-state index contributed by atoms with van der Waals surface area (Å²) >= 11 is 15.2. The predicted molar refractivity (Wildman–Crippen MR) is 77.0 cm³/mol. The van der Waals surface area contributed by atoms with Gasteiger partial charge in [-0.2, -0.15) is 0 Å². The molecule has 2 rings (SSSR count). The van der Waals surface area contributed by atoms with Crippen molar-refractivity contribution in [2.75, 3.05) is 5.32 Å². The highest BCUT2D eigenvalue weighted by Crippen LogP contribution is 2.26. The van der Waals surface area contributed by atoms with Crippen LogP contribution in [0, 0.1) is 2.88 Å². The molecule has 1 amide bonds. The highest BCUT2D eigenvalue weighted by molar-refractivity contribution is 14.1. The van der Waals surface area contributed by atoms with Gasteiger partial charge in [-0.3, -0.25) is 4.79 Å². The molecule has 2 heterocycles. The van der Waals surface area contributed by atoms with Crippen LogP contribution in [0.2, 0.25) is 10.2 Å². The van der Waals surface area contributed by atoms with E-state index < -0.39 is 0 Å². The lowest BCUT2D eigenvalue weighted by Gasteiger charge is -2.04. The number of rotatable bonds is 2. The maximum absolute atomic E-state index is 11.8. The Kier molecular flexibility index (Phi) is 4.18. The second kappa shape index (κ2) is 5.47. The zero-order valence-corrected chi connectivity index (χ0v) is 12.6. The first-order valence-electron chi connectivity index (χ1n) is 4.29. The number of nitrogens with one attached hydrogen (secondary N) is 1. The molecule has 17 heavy (non-hydrogen) atoms. The van der Waals surface area contributed by atoms with Gasteiger partial charge in [-0.05, 0) is 28.7 Å². The highest BCUT2D eigenvalue weighted by Gasteiger charge is 2.13. The van der Waals surface area contributed by atoms with Crippen LogP contribution in [0.3, 0.4) is 0 Å². The summed E-state index contributed by atoms with van der Waals surface area (Å²) in [5, 5.41) is 4.58. The van der Waals surface area contributed by atoms with Crippen LogP contribution in [0.4, 0.5) is 5.82 Å². The quantitative estimate of drug-likeness (QED) is 0.618. The molecule has 8 heteroatoms. The van der Waals surface area contributed by atoms with E-state index in [0.29, 0.717) is 5.56 Å². The Morgan fingerprint density at radius 1 is 1.41 bits per heavy atom. The number of carbonyl (C=O) groups is 1. The lowest BCUT2D eigenvalue weighted by molar-refractivity contribution is 0.102. The van der Waals surface area contributed by atoms with E-state index in [4.69, 9.17) is 23.2 Å². The molecular formula is C9H4Cl2IN3OS. The topological polar surface area (TPSA) is 54.9 Å². The number of amides is 1. The van der Waals surface area contributed by atoms with Crippen molar-refractivity contribution in [1.82, 2.24) is 9.97 Å². The Balaban J connectivity index is 2.21. The molecule has 0 aliphatic carbocycles. The molecule has 0 aliphatic rings. The summed E-state index contributed by atoms with van der Waals surface area (Å²) in [5.41, 5.74) is 0.560. The van der Waals surface area contributed by atoms with E-state index in [9.17, 15) is 4.79 Å². The number of thiophene rings is 1. The first-order valence-corrected chi connectivity index (χ1v) is 7.00. The van der Waals surface area contributed by atoms with E-state index >= 15 is 0 Å². The Hall–Kier alpha value is -0.440. The monoisotopic (exact) mass is 399 g/mol. The highest BCUT2D eigenvalue weighted by atomic mass is 127. The smallest absolute Gasteiger partial charge is 0.257 e. The van der Waals surface area contributed by atoms with E-state index in [1.165, 1.54) is 17.7 Å². The third kappa shape index (κ3) is 3.06. The van der Waals surface area contributed by atoms with Crippen molar-refractivity contribution < 1.29 is 4.79 Å². The summed E-state index contributed by atoms with van der Waals surface area (Å²) < 4.78 is 1.03.